The molecular formula is C18H13FN2O3S. The van der Waals surface area contributed by atoms with Gasteiger partial charge in [0.15, 0.2) is 11.5 Å². The second-order valence-electron chi connectivity index (χ2n) is 5.08. The van der Waals surface area contributed by atoms with Crippen molar-refractivity contribution in [3.63, 3.8) is 0 Å². The molecule has 0 aliphatic heterocycles. The maximum Gasteiger partial charge on any atom is 0.281 e. The summed E-state index contributed by atoms with van der Waals surface area (Å²) < 4.78 is 13.0. The molecule has 25 heavy (non-hydrogen) atoms. The molecule has 0 atom stereocenters. The molecule has 1 amide bonds. The van der Waals surface area contributed by atoms with Gasteiger partial charge in [-0.25, -0.2) is 9.82 Å². The smallest absolute Gasteiger partial charge is 0.281 e. The van der Waals surface area contributed by atoms with Crippen LogP contribution in [0.4, 0.5) is 4.39 Å². The lowest BCUT2D eigenvalue weighted by Gasteiger charge is -2.00. The van der Waals surface area contributed by atoms with E-state index in [4.69, 9.17) is 0 Å². The fourth-order valence-electron chi connectivity index (χ4n) is 2.10. The van der Waals surface area contributed by atoms with E-state index in [0.717, 1.165) is 10.4 Å². The van der Waals surface area contributed by atoms with E-state index < -0.39 is 5.91 Å². The maximum atomic E-state index is 13.0. The molecule has 0 spiro atoms. The van der Waals surface area contributed by atoms with Crippen LogP contribution in [0.3, 0.4) is 0 Å². The van der Waals surface area contributed by atoms with Gasteiger partial charge in [-0.05, 0) is 42.0 Å². The van der Waals surface area contributed by atoms with E-state index in [1.807, 2.05) is 0 Å². The zero-order valence-corrected chi connectivity index (χ0v) is 13.6. The predicted molar refractivity (Wildman–Crippen MR) is 94.5 cm³/mol. The number of hydrogen-bond acceptors (Lipinski definition) is 5. The van der Waals surface area contributed by atoms with Gasteiger partial charge in [0.25, 0.3) is 5.91 Å². The standard InChI is InChI=1S/C18H13FN2O3S/c19-13-6-4-11(5-7-13)15-8-9-16(25-15)18(24)21-20-10-12-2-1-3-14(22)17(12)23/h1-10,22-23H,(H,21,24)/b20-10+. The molecule has 1 aromatic heterocycles. The Hall–Kier alpha value is -3.19. The third-order valence-corrected chi connectivity index (χ3v) is 4.51. The van der Waals surface area contributed by atoms with Gasteiger partial charge in [0, 0.05) is 10.4 Å². The molecule has 0 radical (unpaired) electrons. The van der Waals surface area contributed by atoms with E-state index >= 15 is 0 Å². The molecule has 0 unspecified atom stereocenters. The Morgan fingerprint density at radius 2 is 1.84 bits per heavy atom. The highest BCUT2D eigenvalue weighted by Crippen LogP contribution is 2.28. The minimum absolute atomic E-state index is 0.266. The Bertz CT molecular complexity index is 936. The van der Waals surface area contributed by atoms with Crippen molar-refractivity contribution in [1.82, 2.24) is 5.43 Å². The number of para-hydroxylation sites is 1. The van der Waals surface area contributed by atoms with Gasteiger partial charge in [-0.15, -0.1) is 11.3 Å². The fraction of sp³-hybridized carbons (Fsp3) is 0. The van der Waals surface area contributed by atoms with Crippen LogP contribution in [-0.2, 0) is 0 Å². The maximum absolute atomic E-state index is 13.0. The average Bonchev–Trinajstić information content (AvgIpc) is 3.09. The number of amides is 1. The number of halogens is 1. The number of phenolic OH excluding ortho intramolecular Hbond substituents is 2. The van der Waals surface area contributed by atoms with Gasteiger partial charge in [0.05, 0.1) is 11.1 Å². The van der Waals surface area contributed by atoms with Crippen LogP contribution >= 0.6 is 11.3 Å². The summed E-state index contributed by atoms with van der Waals surface area (Å²) in [6.07, 6.45) is 1.24. The van der Waals surface area contributed by atoms with Crippen molar-refractivity contribution in [2.75, 3.05) is 0 Å². The average molecular weight is 356 g/mol. The summed E-state index contributed by atoms with van der Waals surface area (Å²) in [5.74, 6) is -1.30. The van der Waals surface area contributed by atoms with Gasteiger partial charge in [-0.1, -0.05) is 18.2 Å². The number of carbonyl (C=O) groups excluding carboxylic acids is 1. The number of thiophene rings is 1. The van der Waals surface area contributed by atoms with Crippen LogP contribution in [0, 0.1) is 5.82 Å². The number of phenols is 2. The fourth-order valence-corrected chi connectivity index (χ4v) is 3.00. The Balaban J connectivity index is 1.69. The van der Waals surface area contributed by atoms with Crippen LogP contribution in [0.2, 0.25) is 0 Å². The van der Waals surface area contributed by atoms with E-state index in [2.05, 4.69) is 10.5 Å². The summed E-state index contributed by atoms with van der Waals surface area (Å²) in [7, 11) is 0. The van der Waals surface area contributed by atoms with Crippen molar-refractivity contribution in [3.8, 4) is 21.9 Å². The van der Waals surface area contributed by atoms with Gasteiger partial charge in [-0.2, -0.15) is 5.10 Å². The van der Waals surface area contributed by atoms with Gasteiger partial charge in [0.1, 0.15) is 5.82 Å². The molecule has 0 saturated heterocycles. The Labute approximate surface area is 146 Å². The van der Waals surface area contributed by atoms with Crippen LogP contribution in [0.5, 0.6) is 11.5 Å². The first-order valence-electron chi connectivity index (χ1n) is 7.25. The molecule has 126 valence electrons. The highest BCUT2D eigenvalue weighted by atomic mass is 32.1. The Morgan fingerprint density at radius 3 is 2.60 bits per heavy atom. The molecule has 0 bridgehead atoms. The number of nitrogens with one attached hydrogen (secondary N) is 1. The lowest BCUT2D eigenvalue weighted by Crippen LogP contribution is -2.16. The molecular weight excluding hydrogens is 343 g/mol. The number of benzene rings is 2. The molecule has 3 rings (SSSR count). The van der Waals surface area contributed by atoms with Crippen LogP contribution < -0.4 is 5.43 Å². The number of hydrazone groups is 1. The Morgan fingerprint density at radius 1 is 1.08 bits per heavy atom. The van der Waals surface area contributed by atoms with Crippen LogP contribution in [0.15, 0.2) is 59.7 Å². The van der Waals surface area contributed by atoms with Crippen molar-refractivity contribution in [2.24, 2.45) is 5.10 Å². The van der Waals surface area contributed by atoms with Gasteiger partial charge >= 0.3 is 0 Å². The summed E-state index contributed by atoms with van der Waals surface area (Å²) in [6.45, 7) is 0. The lowest BCUT2D eigenvalue weighted by atomic mass is 10.2. The normalized spacial score (nSPS) is 10.9. The molecule has 0 aliphatic carbocycles. The second kappa shape index (κ2) is 7.14. The highest BCUT2D eigenvalue weighted by molar-refractivity contribution is 7.17. The molecule has 3 N–H and O–H groups in total. The minimum Gasteiger partial charge on any atom is -0.504 e. The summed E-state index contributed by atoms with van der Waals surface area (Å²) in [6, 6.07) is 13.9. The first kappa shape index (κ1) is 16.7. The monoisotopic (exact) mass is 356 g/mol. The number of nitrogens with zero attached hydrogens (tertiary/aromatic N) is 1. The zero-order chi connectivity index (χ0) is 17.8. The van der Waals surface area contributed by atoms with E-state index in [0.29, 0.717) is 4.88 Å². The van der Waals surface area contributed by atoms with Crippen molar-refractivity contribution in [2.45, 2.75) is 0 Å². The van der Waals surface area contributed by atoms with Crippen LogP contribution in [-0.4, -0.2) is 22.3 Å². The summed E-state index contributed by atoms with van der Waals surface area (Å²) in [4.78, 5) is 13.4. The zero-order valence-electron chi connectivity index (χ0n) is 12.8. The SMILES string of the molecule is O=C(N/N=C/c1cccc(O)c1O)c1ccc(-c2ccc(F)cc2)s1. The van der Waals surface area contributed by atoms with Crippen LogP contribution in [0.25, 0.3) is 10.4 Å². The molecule has 5 nitrogen and oxygen atoms in total. The molecule has 0 saturated carbocycles. The van der Waals surface area contributed by atoms with Gasteiger partial charge < -0.3 is 10.2 Å². The number of aromatic hydroxyl groups is 2. The summed E-state index contributed by atoms with van der Waals surface area (Å²) >= 11 is 1.25. The summed E-state index contributed by atoms with van der Waals surface area (Å²) in [5.41, 5.74) is 3.45. The lowest BCUT2D eigenvalue weighted by molar-refractivity contribution is 0.0959. The molecule has 7 heteroatoms. The van der Waals surface area contributed by atoms with E-state index in [-0.39, 0.29) is 22.9 Å². The van der Waals surface area contributed by atoms with E-state index in [9.17, 15) is 19.4 Å². The molecule has 1 heterocycles. The van der Waals surface area contributed by atoms with Crippen LogP contribution in [0.1, 0.15) is 15.2 Å². The third-order valence-electron chi connectivity index (χ3n) is 3.37. The van der Waals surface area contributed by atoms with E-state index in [1.54, 1.807) is 36.4 Å². The quantitative estimate of drug-likeness (QED) is 0.378. The highest BCUT2D eigenvalue weighted by Gasteiger charge is 2.10. The minimum atomic E-state index is -0.408. The topological polar surface area (TPSA) is 81.9 Å². The molecule has 0 aliphatic rings. The van der Waals surface area contributed by atoms with Gasteiger partial charge in [0.2, 0.25) is 0 Å². The largest absolute Gasteiger partial charge is 0.504 e. The van der Waals surface area contributed by atoms with Crippen molar-refractivity contribution >= 4 is 23.5 Å². The van der Waals surface area contributed by atoms with E-state index in [1.165, 1.54) is 35.8 Å². The number of hydrogen-bond donors (Lipinski definition) is 3. The van der Waals surface area contributed by atoms with Crippen molar-refractivity contribution < 1.29 is 19.4 Å². The molecule has 2 aromatic carbocycles. The first-order chi connectivity index (χ1) is 12.0. The molecule has 3 aromatic rings. The number of rotatable bonds is 4. The second-order valence-corrected chi connectivity index (χ2v) is 6.17. The van der Waals surface area contributed by atoms with Crippen molar-refractivity contribution in [3.05, 3.63) is 70.9 Å². The number of carbonyl (C=O) groups is 1. The third kappa shape index (κ3) is 3.84. The first-order valence-corrected chi connectivity index (χ1v) is 8.06. The Kier molecular flexibility index (Phi) is 4.76. The van der Waals surface area contributed by atoms with Gasteiger partial charge in [-0.3, -0.25) is 4.79 Å². The molecule has 0 fully saturated rings. The predicted octanol–water partition coefficient (Wildman–Crippen LogP) is 3.73. The van der Waals surface area contributed by atoms with Crippen molar-refractivity contribution in [1.29, 1.82) is 0 Å². The summed E-state index contributed by atoms with van der Waals surface area (Å²) in [5, 5.41) is 22.8.